The zero-order valence-corrected chi connectivity index (χ0v) is 13.3. The molecule has 0 unspecified atom stereocenters. The van der Waals surface area contributed by atoms with Gasteiger partial charge in [-0.25, -0.2) is 9.59 Å². The van der Waals surface area contributed by atoms with Crippen molar-refractivity contribution in [2.75, 3.05) is 5.73 Å². The first-order chi connectivity index (χ1) is 10.6. The number of hydrogen-bond acceptors (Lipinski definition) is 4. The standard InChI is InChI=1S/C13H7Cl3N2O5/c14-3-1-4(9(16)5(15)2-3)6-7(12(20)21)10(17)18-11(19)8(6)13(22)23/h1-2H,(H,20,21)(H,22,23)(H3,17,18,19). The molecule has 0 bridgehead atoms. The Kier molecular flexibility index (Phi) is 4.56. The number of rotatable bonds is 3. The summed E-state index contributed by atoms with van der Waals surface area (Å²) in [6.45, 7) is 0. The Balaban J connectivity index is 3.10. The van der Waals surface area contributed by atoms with Crippen molar-refractivity contribution in [3.63, 3.8) is 0 Å². The fourth-order valence-electron chi connectivity index (χ4n) is 2.05. The summed E-state index contributed by atoms with van der Waals surface area (Å²) in [5.74, 6) is -3.73. The SMILES string of the molecule is Nc1[nH]c(=O)c(C(=O)O)c(-c2cc(Cl)cc(Cl)c2Cl)c1C(=O)O. The smallest absolute Gasteiger partial charge is 0.342 e. The van der Waals surface area contributed by atoms with Crippen molar-refractivity contribution >= 4 is 52.6 Å². The second-order valence-corrected chi connectivity index (χ2v) is 5.57. The molecule has 2 aromatic rings. The molecule has 0 fully saturated rings. The Morgan fingerprint density at radius 1 is 1.04 bits per heavy atom. The molecule has 1 heterocycles. The second-order valence-electron chi connectivity index (χ2n) is 4.35. The van der Waals surface area contributed by atoms with Gasteiger partial charge in [-0.15, -0.1) is 0 Å². The number of aromatic nitrogens is 1. The number of nitrogen functional groups attached to an aromatic ring is 1. The normalized spacial score (nSPS) is 10.6. The molecule has 1 aromatic heterocycles. The van der Waals surface area contributed by atoms with Gasteiger partial charge in [0, 0.05) is 16.1 Å². The van der Waals surface area contributed by atoms with Gasteiger partial charge in [-0.2, -0.15) is 0 Å². The van der Waals surface area contributed by atoms with Gasteiger partial charge in [0.25, 0.3) is 5.56 Å². The van der Waals surface area contributed by atoms with Crippen LogP contribution in [0.2, 0.25) is 15.1 Å². The lowest BCUT2D eigenvalue weighted by Gasteiger charge is -2.14. The minimum absolute atomic E-state index is 0.0410. The van der Waals surface area contributed by atoms with Crippen molar-refractivity contribution in [1.82, 2.24) is 4.98 Å². The number of aromatic amines is 1. The molecule has 1 aromatic carbocycles. The molecule has 23 heavy (non-hydrogen) atoms. The highest BCUT2D eigenvalue weighted by atomic mass is 35.5. The minimum Gasteiger partial charge on any atom is -0.478 e. The Morgan fingerprint density at radius 2 is 1.61 bits per heavy atom. The molecule has 10 heteroatoms. The van der Waals surface area contributed by atoms with E-state index < -0.39 is 40.0 Å². The van der Waals surface area contributed by atoms with Crippen molar-refractivity contribution in [2.24, 2.45) is 0 Å². The first kappa shape index (κ1) is 17.1. The third kappa shape index (κ3) is 2.98. The van der Waals surface area contributed by atoms with Crippen molar-refractivity contribution in [2.45, 2.75) is 0 Å². The van der Waals surface area contributed by atoms with E-state index in [4.69, 9.17) is 40.5 Å². The highest BCUT2D eigenvalue weighted by molar-refractivity contribution is 6.45. The molecule has 5 N–H and O–H groups in total. The molecule has 0 saturated carbocycles. The van der Waals surface area contributed by atoms with Crippen LogP contribution in [0, 0.1) is 0 Å². The third-order valence-electron chi connectivity index (χ3n) is 2.93. The molecule has 0 spiro atoms. The Morgan fingerprint density at radius 3 is 2.13 bits per heavy atom. The molecule has 2 rings (SSSR count). The van der Waals surface area contributed by atoms with Gasteiger partial charge >= 0.3 is 11.9 Å². The number of carboxylic acid groups (broad SMARTS) is 2. The van der Waals surface area contributed by atoms with Gasteiger partial charge < -0.3 is 20.9 Å². The number of anilines is 1. The van der Waals surface area contributed by atoms with Crippen LogP contribution >= 0.6 is 34.8 Å². The molecular formula is C13H7Cl3N2O5. The van der Waals surface area contributed by atoms with Gasteiger partial charge in [-0.05, 0) is 12.1 Å². The lowest BCUT2D eigenvalue weighted by Crippen LogP contribution is -2.24. The highest BCUT2D eigenvalue weighted by Crippen LogP contribution is 2.39. The molecule has 0 atom stereocenters. The zero-order valence-electron chi connectivity index (χ0n) is 11.0. The largest absolute Gasteiger partial charge is 0.478 e. The molecule has 0 saturated heterocycles. The number of nitrogens with two attached hydrogens (primary N) is 1. The molecule has 7 nitrogen and oxygen atoms in total. The molecule has 0 aliphatic rings. The van der Waals surface area contributed by atoms with Crippen LogP contribution in [0.3, 0.4) is 0 Å². The van der Waals surface area contributed by atoms with Gasteiger partial charge in [0.05, 0.1) is 10.0 Å². The molecule has 0 aliphatic carbocycles. The monoisotopic (exact) mass is 376 g/mol. The number of carbonyl (C=O) groups is 2. The van der Waals surface area contributed by atoms with Crippen molar-refractivity contribution < 1.29 is 19.8 Å². The molecule has 0 radical (unpaired) electrons. The van der Waals surface area contributed by atoms with Crippen molar-refractivity contribution in [3.05, 3.63) is 48.7 Å². The number of halogens is 3. The molecule has 0 aliphatic heterocycles. The maximum absolute atomic E-state index is 11.9. The second kappa shape index (κ2) is 6.11. The molecular weight excluding hydrogens is 371 g/mol. The quantitative estimate of drug-likeness (QED) is 0.608. The number of nitrogens with one attached hydrogen (secondary N) is 1. The van der Waals surface area contributed by atoms with Gasteiger partial charge in [-0.1, -0.05) is 34.8 Å². The topological polar surface area (TPSA) is 133 Å². The van der Waals surface area contributed by atoms with Gasteiger partial charge in [-0.3, -0.25) is 4.79 Å². The van der Waals surface area contributed by atoms with Crippen LogP contribution in [-0.2, 0) is 0 Å². The fourth-order valence-corrected chi connectivity index (χ4v) is 2.75. The van der Waals surface area contributed by atoms with Crippen LogP contribution in [-0.4, -0.2) is 27.1 Å². The van der Waals surface area contributed by atoms with Crippen LogP contribution < -0.4 is 11.3 Å². The summed E-state index contributed by atoms with van der Waals surface area (Å²) in [5, 5.41) is 18.5. The number of aromatic carboxylic acids is 2. The van der Waals surface area contributed by atoms with E-state index in [0.29, 0.717) is 0 Å². The summed E-state index contributed by atoms with van der Waals surface area (Å²) in [5.41, 5.74) is 2.38. The predicted octanol–water partition coefficient (Wildman–Crippen LogP) is 2.98. The number of benzene rings is 1. The number of carboxylic acids is 2. The summed E-state index contributed by atoms with van der Waals surface area (Å²) >= 11 is 17.8. The number of hydrogen-bond donors (Lipinski definition) is 4. The molecule has 0 amide bonds. The van der Waals surface area contributed by atoms with E-state index in [9.17, 15) is 24.6 Å². The summed E-state index contributed by atoms with van der Waals surface area (Å²) in [6.07, 6.45) is 0. The average molecular weight is 378 g/mol. The summed E-state index contributed by atoms with van der Waals surface area (Å²) in [4.78, 5) is 36.8. The summed E-state index contributed by atoms with van der Waals surface area (Å²) < 4.78 is 0. The van der Waals surface area contributed by atoms with Gasteiger partial charge in [0.15, 0.2) is 0 Å². The van der Waals surface area contributed by atoms with E-state index in [1.54, 1.807) is 0 Å². The van der Waals surface area contributed by atoms with Gasteiger partial charge in [0.1, 0.15) is 16.9 Å². The Hall–Kier alpha value is -2.22. The van der Waals surface area contributed by atoms with Crippen LogP contribution in [0.5, 0.6) is 0 Å². The maximum Gasteiger partial charge on any atom is 0.342 e. The van der Waals surface area contributed by atoms with E-state index in [1.165, 1.54) is 12.1 Å². The van der Waals surface area contributed by atoms with Crippen LogP contribution in [0.25, 0.3) is 11.1 Å². The first-order valence-electron chi connectivity index (χ1n) is 5.82. The number of H-pyrrole nitrogens is 1. The van der Waals surface area contributed by atoms with E-state index >= 15 is 0 Å². The van der Waals surface area contributed by atoms with Crippen molar-refractivity contribution in [1.29, 1.82) is 0 Å². The van der Waals surface area contributed by atoms with E-state index in [0.717, 1.165) is 0 Å². The van der Waals surface area contributed by atoms with Crippen LogP contribution in [0.1, 0.15) is 20.7 Å². The summed E-state index contributed by atoms with van der Waals surface area (Å²) in [7, 11) is 0. The lowest BCUT2D eigenvalue weighted by atomic mass is 9.95. The Bertz CT molecular complexity index is 907. The summed E-state index contributed by atoms with van der Waals surface area (Å²) in [6, 6.07) is 2.48. The lowest BCUT2D eigenvalue weighted by molar-refractivity contribution is 0.0695. The first-order valence-corrected chi connectivity index (χ1v) is 6.95. The molecule has 120 valence electrons. The minimum atomic E-state index is -1.66. The Labute approximate surface area is 143 Å². The van der Waals surface area contributed by atoms with E-state index in [-0.39, 0.29) is 20.6 Å². The predicted molar refractivity (Wildman–Crippen MR) is 85.9 cm³/mol. The van der Waals surface area contributed by atoms with Crippen LogP contribution in [0.15, 0.2) is 16.9 Å². The van der Waals surface area contributed by atoms with Crippen molar-refractivity contribution in [3.8, 4) is 11.1 Å². The fraction of sp³-hybridized carbons (Fsp3) is 0. The average Bonchev–Trinajstić information content (AvgIpc) is 2.40. The third-order valence-corrected chi connectivity index (χ3v) is 3.95. The van der Waals surface area contributed by atoms with E-state index in [2.05, 4.69) is 0 Å². The van der Waals surface area contributed by atoms with Crippen LogP contribution in [0.4, 0.5) is 5.82 Å². The van der Waals surface area contributed by atoms with E-state index in [1.807, 2.05) is 4.98 Å². The zero-order chi connectivity index (χ0) is 17.5. The highest BCUT2D eigenvalue weighted by Gasteiger charge is 2.28. The maximum atomic E-state index is 11.9. The number of pyridine rings is 1. The van der Waals surface area contributed by atoms with Gasteiger partial charge in [0.2, 0.25) is 0 Å².